The van der Waals surface area contributed by atoms with Gasteiger partial charge in [0, 0.05) is 31.5 Å². The molecule has 21 heavy (non-hydrogen) atoms. The second-order valence-electron chi connectivity index (χ2n) is 4.08. The summed E-state index contributed by atoms with van der Waals surface area (Å²) >= 11 is 1.48. The average molecular weight is 307 g/mol. The second kappa shape index (κ2) is 6.75. The van der Waals surface area contributed by atoms with Crippen molar-refractivity contribution in [2.75, 3.05) is 18.9 Å². The third-order valence-corrected chi connectivity index (χ3v) is 3.37. The molecule has 2 heterocycles. The van der Waals surface area contributed by atoms with Crippen LogP contribution in [0.2, 0.25) is 0 Å². The summed E-state index contributed by atoms with van der Waals surface area (Å²) in [6, 6.07) is 1.36. The summed E-state index contributed by atoms with van der Waals surface area (Å²) in [5.41, 5.74) is 2.25. The lowest BCUT2D eigenvalue weighted by molar-refractivity contribution is -0.385. The van der Waals surface area contributed by atoms with Gasteiger partial charge in [-0.05, 0) is 0 Å². The van der Waals surface area contributed by atoms with Crippen LogP contribution in [0.1, 0.15) is 16.1 Å². The number of nitrogens with zero attached hydrogens (tertiary/aromatic N) is 3. The number of carbonyl (C=O) groups is 1. The Hall–Kier alpha value is -2.55. The summed E-state index contributed by atoms with van der Waals surface area (Å²) in [5, 5.41) is 18.2. The molecule has 0 spiro atoms. The van der Waals surface area contributed by atoms with Crippen LogP contribution < -0.4 is 10.6 Å². The van der Waals surface area contributed by atoms with E-state index < -0.39 is 10.8 Å². The van der Waals surface area contributed by atoms with Crippen LogP contribution in [-0.2, 0) is 6.42 Å². The van der Waals surface area contributed by atoms with Gasteiger partial charge in [0.1, 0.15) is 17.6 Å². The summed E-state index contributed by atoms with van der Waals surface area (Å²) in [6.45, 7) is 0.358. The van der Waals surface area contributed by atoms with Crippen LogP contribution in [0.5, 0.6) is 0 Å². The zero-order valence-electron chi connectivity index (χ0n) is 11.2. The molecular formula is C12H13N5O3S. The number of carbonyl (C=O) groups excluding carboxylic acids is 1. The van der Waals surface area contributed by atoms with Gasteiger partial charge in [0.25, 0.3) is 11.6 Å². The highest BCUT2D eigenvalue weighted by atomic mass is 32.1. The minimum atomic E-state index is -0.623. The third kappa shape index (κ3) is 3.72. The van der Waals surface area contributed by atoms with E-state index in [2.05, 4.69) is 20.6 Å². The summed E-state index contributed by atoms with van der Waals surface area (Å²) < 4.78 is 0. The van der Waals surface area contributed by atoms with Crippen molar-refractivity contribution in [1.82, 2.24) is 15.3 Å². The molecule has 0 aliphatic carbocycles. The van der Waals surface area contributed by atoms with Gasteiger partial charge in [-0.25, -0.2) is 9.97 Å². The van der Waals surface area contributed by atoms with Crippen molar-refractivity contribution in [3.63, 3.8) is 0 Å². The van der Waals surface area contributed by atoms with Gasteiger partial charge in [-0.1, -0.05) is 0 Å². The topological polar surface area (TPSA) is 110 Å². The highest BCUT2D eigenvalue weighted by molar-refractivity contribution is 7.07. The zero-order valence-corrected chi connectivity index (χ0v) is 12.0. The maximum Gasteiger partial charge on any atom is 0.300 e. The molecule has 0 bridgehead atoms. The molecule has 0 aromatic carbocycles. The van der Waals surface area contributed by atoms with E-state index >= 15 is 0 Å². The first-order valence-electron chi connectivity index (χ1n) is 6.09. The van der Waals surface area contributed by atoms with Crippen LogP contribution in [0.15, 0.2) is 23.2 Å². The number of anilines is 1. The number of amides is 1. The molecule has 2 N–H and O–H groups in total. The largest absolute Gasteiger partial charge is 0.373 e. The number of thiazole rings is 1. The molecule has 0 atom stereocenters. The molecule has 0 radical (unpaired) electrons. The van der Waals surface area contributed by atoms with Crippen molar-refractivity contribution < 1.29 is 9.72 Å². The number of hydrogen-bond acceptors (Lipinski definition) is 7. The molecule has 2 aromatic heterocycles. The van der Waals surface area contributed by atoms with Crippen molar-refractivity contribution in [3.05, 3.63) is 44.5 Å². The first kappa shape index (κ1) is 14.9. The fraction of sp³-hybridized carbons (Fsp3) is 0.250. The quantitative estimate of drug-likeness (QED) is 0.617. The van der Waals surface area contributed by atoms with Crippen molar-refractivity contribution in [2.24, 2.45) is 0 Å². The normalized spacial score (nSPS) is 10.1. The molecule has 110 valence electrons. The molecule has 0 saturated heterocycles. The molecule has 0 unspecified atom stereocenters. The van der Waals surface area contributed by atoms with Gasteiger partial charge >= 0.3 is 0 Å². The summed E-state index contributed by atoms with van der Waals surface area (Å²) in [5.74, 6) is -0.110. The number of nitrogens with one attached hydrogen (secondary N) is 2. The number of aromatic nitrogens is 2. The fourth-order valence-corrected chi connectivity index (χ4v) is 2.27. The Kier molecular flexibility index (Phi) is 4.77. The summed E-state index contributed by atoms with van der Waals surface area (Å²) in [7, 11) is 1.62. The van der Waals surface area contributed by atoms with Crippen LogP contribution in [0.25, 0.3) is 0 Å². The van der Waals surface area contributed by atoms with Crippen molar-refractivity contribution in [2.45, 2.75) is 6.42 Å². The Morgan fingerprint density at radius 2 is 2.29 bits per heavy atom. The van der Waals surface area contributed by atoms with Gasteiger partial charge in [-0.15, -0.1) is 11.3 Å². The monoisotopic (exact) mass is 307 g/mol. The molecule has 2 aromatic rings. The van der Waals surface area contributed by atoms with Crippen molar-refractivity contribution >= 4 is 28.7 Å². The Balaban J connectivity index is 2.08. The van der Waals surface area contributed by atoms with E-state index in [0.717, 1.165) is 11.9 Å². The lowest BCUT2D eigenvalue weighted by atomic mass is 10.2. The summed E-state index contributed by atoms with van der Waals surface area (Å²) in [6.07, 6.45) is 1.65. The standard InChI is InChI=1S/C12H13N5O3S/c1-13-11-4-9(10(5-15-11)17(19)20)12(18)14-3-2-8-6-21-7-16-8/h4-7H,2-3H2,1H3,(H,13,15)(H,14,18). The first-order chi connectivity index (χ1) is 10.1. The Morgan fingerprint density at radius 1 is 1.48 bits per heavy atom. The third-order valence-electron chi connectivity index (χ3n) is 2.73. The average Bonchev–Trinajstić information content (AvgIpc) is 2.99. The lowest BCUT2D eigenvalue weighted by Crippen LogP contribution is -2.26. The number of hydrogen-bond donors (Lipinski definition) is 2. The van der Waals surface area contributed by atoms with Crippen molar-refractivity contribution in [3.8, 4) is 0 Å². The van der Waals surface area contributed by atoms with E-state index in [0.29, 0.717) is 18.8 Å². The second-order valence-corrected chi connectivity index (χ2v) is 4.80. The Morgan fingerprint density at radius 3 is 2.90 bits per heavy atom. The SMILES string of the molecule is CNc1cc(C(=O)NCCc2cscn2)c([N+](=O)[O-])cn1. The molecule has 0 fully saturated rings. The van der Waals surface area contributed by atoms with E-state index in [-0.39, 0.29) is 11.3 Å². The molecule has 8 nitrogen and oxygen atoms in total. The van der Waals surface area contributed by atoms with Gasteiger partial charge in [0.05, 0.1) is 16.1 Å². The molecule has 9 heteroatoms. The number of rotatable bonds is 6. The summed E-state index contributed by atoms with van der Waals surface area (Å²) in [4.78, 5) is 30.3. The Bertz CT molecular complexity index is 644. The van der Waals surface area contributed by atoms with Gasteiger partial charge in [-0.3, -0.25) is 14.9 Å². The predicted octanol–water partition coefficient (Wildman–Crippen LogP) is 1.46. The molecule has 0 saturated carbocycles. The maximum absolute atomic E-state index is 12.1. The van der Waals surface area contributed by atoms with Gasteiger partial charge in [-0.2, -0.15) is 0 Å². The predicted molar refractivity (Wildman–Crippen MR) is 78.6 cm³/mol. The molecular weight excluding hydrogens is 294 g/mol. The number of nitro groups is 1. The van der Waals surface area contributed by atoms with Crippen LogP contribution in [-0.4, -0.2) is 34.4 Å². The van der Waals surface area contributed by atoms with Crippen LogP contribution in [0, 0.1) is 10.1 Å². The van der Waals surface area contributed by atoms with E-state index in [1.807, 2.05) is 5.38 Å². The lowest BCUT2D eigenvalue weighted by Gasteiger charge is -2.06. The minimum Gasteiger partial charge on any atom is -0.373 e. The first-order valence-corrected chi connectivity index (χ1v) is 7.03. The molecule has 0 aliphatic heterocycles. The fourth-order valence-electron chi connectivity index (χ4n) is 1.67. The van der Waals surface area contributed by atoms with Gasteiger partial charge < -0.3 is 10.6 Å². The van der Waals surface area contributed by atoms with Gasteiger partial charge in [0.15, 0.2) is 0 Å². The van der Waals surface area contributed by atoms with E-state index in [9.17, 15) is 14.9 Å². The zero-order chi connectivity index (χ0) is 15.2. The molecule has 1 amide bonds. The molecule has 2 rings (SSSR count). The van der Waals surface area contributed by atoms with E-state index in [1.165, 1.54) is 17.4 Å². The van der Waals surface area contributed by atoms with E-state index in [4.69, 9.17) is 0 Å². The van der Waals surface area contributed by atoms with Crippen LogP contribution in [0.3, 0.4) is 0 Å². The number of pyridine rings is 1. The van der Waals surface area contributed by atoms with Crippen LogP contribution in [0.4, 0.5) is 11.5 Å². The smallest absolute Gasteiger partial charge is 0.300 e. The van der Waals surface area contributed by atoms with Gasteiger partial charge in [0.2, 0.25) is 0 Å². The highest BCUT2D eigenvalue weighted by Crippen LogP contribution is 2.19. The molecule has 0 aliphatic rings. The van der Waals surface area contributed by atoms with Crippen molar-refractivity contribution in [1.29, 1.82) is 0 Å². The maximum atomic E-state index is 12.1. The Labute approximate surface area is 124 Å². The van der Waals surface area contributed by atoms with E-state index in [1.54, 1.807) is 12.6 Å². The highest BCUT2D eigenvalue weighted by Gasteiger charge is 2.21. The minimum absolute atomic E-state index is 0.0161. The van der Waals surface area contributed by atoms with Crippen LogP contribution >= 0.6 is 11.3 Å².